The minimum Gasteiger partial charge on any atom is -0.478 e. The molecule has 9 nitrogen and oxygen atoms in total. The van der Waals surface area contributed by atoms with Gasteiger partial charge in [0, 0.05) is 31.2 Å². The van der Waals surface area contributed by atoms with Gasteiger partial charge in [0.25, 0.3) is 11.6 Å². The van der Waals surface area contributed by atoms with E-state index in [1.54, 1.807) is 12.1 Å². The predicted octanol–water partition coefficient (Wildman–Crippen LogP) is 2.57. The number of rotatable bonds is 8. The normalized spacial score (nSPS) is 11.8. The Bertz CT molecular complexity index is 796. The molecule has 1 atom stereocenters. The number of hydrogen-bond donors (Lipinski definition) is 2. The molecular formula is C17H18N2O7. The van der Waals surface area contributed by atoms with Crippen molar-refractivity contribution in [3.05, 3.63) is 63.1 Å². The largest absolute Gasteiger partial charge is 0.478 e. The van der Waals surface area contributed by atoms with Gasteiger partial charge in [-0.3, -0.25) is 14.9 Å². The summed E-state index contributed by atoms with van der Waals surface area (Å²) in [6, 6.07) is 5.85. The molecule has 1 heterocycles. The summed E-state index contributed by atoms with van der Waals surface area (Å²) in [6.07, 6.45) is 0.681. The molecule has 0 saturated heterocycles. The number of furan rings is 1. The number of ether oxygens (including phenoxy) is 1. The third-order valence-electron chi connectivity index (χ3n) is 3.65. The number of nitro groups is 1. The van der Waals surface area contributed by atoms with E-state index in [1.165, 1.54) is 7.11 Å². The van der Waals surface area contributed by atoms with E-state index in [0.29, 0.717) is 12.2 Å². The van der Waals surface area contributed by atoms with Crippen molar-refractivity contribution in [2.24, 2.45) is 0 Å². The third-order valence-corrected chi connectivity index (χ3v) is 3.65. The zero-order valence-electron chi connectivity index (χ0n) is 14.2. The maximum absolute atomic E-state index is 12.5. The topological polar surface area (TPSA) is 132 Å². The van der Waals surface area contributed by atoms with E-state index in [-0.39, 0.29) is 17.7 Å². The fourth-order valence-corrected chi connectivity index (χ4v) is 2.35. The van der Waals surface area contributed by atoms with Crippen LogP contribution in [0.3, 0.4) is 0 Å². The van der Waals surface area contributed by atoms with Gasteiger partial charge in [-0.15, -0.1) is 0 Å². The Morgan fingerprint density at radius 3 is 2.54 bits per heavy atom. The second kappa shape index (κ2) is 8.26. The monoisotopic (exact) mass is 362 g/mol. The SMILES string of the molecule is CCc1ccc(C(COC)NC(=O)c2cc(C(=O)O)cc([N+](=O)[O-])c2)o1. The van der Waals surface area contributed by atoms with E-state index >= 15 is 0 Å². The quantitative estimate of drug-likeness (QED) is 0.545. The lowest BCUT2D eigenvalue weighted by molar-refractivity contribution is -0.384. The van der Waals surface area contributed by atoms with Crippen LogP contribution in [0, 0.1) is 10.1 Å². The fraction of sp³-hybridized carbons (Fsp3) is 0.294. The minimum absolute atomic E-state index is 0.114. The van der Waals surface area contributed by atoms with Crippen LogP contribution in [0.15, 0.2) is 34.7 Å². The number of nitrogens with zero attached hydrogens (tertiary/aromatic N) is 1. The highest BCUT2D eigenvalue weighted by Crippen LogP contribution is 2.21. The molecule has 0 radical (unpaired) electrons. The van der Waals surface area contributed by atoms with Crippen molar-refractivity contribution < 1.29 is 28.8 Å². The first-order chi connectivity index (χ1) is 12.3. The number of benzene rings is 1. The number of non-ortho nitro benzene ring substituents is 1. The molecule has 1 amide bonds. The van der Waals surface area contributed by atoms with Crippen LogP contribution < -0.4 is 5.32 Å². The number of amides is 1. The van der Waals surface area contributed by atoms with E-state index in [2.05, 4.69) is 5.32 Å². The van der Waals surface area contributed by atoms with Gasteiger partial charge in [-0.1, -0.05) is 6.92 Å². The highest BCUT2D eigenvalue weighted by atomic mass is 16.6. The molecule has 2 rings (SSSR count). The summed E-state index contributed by atoms with van der Waals surface area (Å²) < 4.78 is 10.7. The van der Waals surface area contributed by atoms with E-state index in [0.717, 1.165) is 24.0 Å². The summed E-state index contributed by atoms with van der Waals surface area (Å²) in [5.41, 5.74) is -0.969. The molecule has 1 aromatic carbocycles. The van der Waals surface area contributed by atoms with Crippen molar-refractivity contribution in [2.45, 2.75) is 19.4 Å². The average molecular weight is 362 g/mol. The molecule has 2 aromatic rings. The molecule has 9 heteroatoms. The highest BCUT2D eigenvalue weighted by Gasteiger charge is 2.22. The van der Waals surface area contributed by atoms with Crippen LogP contribution in [0.25, 0.3) is 0 Å². The summed E-state index contributed by atoms with van der Waals surface area (Å²) >= 11 is 0. The van der Waals surface area contributed by atoms with Crippen LogP contribution in [-0.4, -0.2) is 35.6 Å². The number of nitrogens with one attached hydrogen (secondary N) is 1. The summed E-state index contributed by atoms with van der Waals surface area (Å²) in [7, 11) is 1.46. The van der Waals surface area contributed by atoms with Gasteiger partial charge < -0.3 is 19.6 Å². The molecule has 0 fully saturated rings. The Balaban J connectivity index is 2.31. The molecule has 0 spiro atoms. The maximum Gasteiger partial charge on any atom is 0.335 e. The first-order valence-electron chi connectivity index (χ1n) is 7.76. The van der Waals surface area contributed by atoms with Gasteiger partial charge in [-0.25, -0.2) is 4.79 Å². The van der Waals surface area contributed by atoms with Gasteiger partial charge in [0.1, 0.15) is 17.6 Å². The Morgan fingerprint density at radius 2 is 2.00 bits per heavy atom. The van der Waals surface area contributed by atoms with Crippen molar-refractivity contribution >= 4 is 17.6 Å². The molecule has 1 aromatic heterocycles. The molecule has 138 valence electrons. The van der Waals surface area contributed by atoms with Crippen molar-refractivity contribution in [1.29, 1.82) is 0 Å². The van der Waals surface area contributed by atoms with Gasteiger partial charge in [0.2, 0.25) is 0 Å². The standard InChI is InChI=1S/C17H18N2O7/c1-3-13-4-5-15(26-13)14(9-25-2)18-16(20)10-6-11(17(21)22)8-12(7-10)19(23)24/h4-8,14H,3,9H2,1-2H3,(H,18,20)(H,21,22). The van der Waals surface area contributed by atoms with Crippen LogP contribution >= 0.6 is 0 Å². The first kappa shape index (κ1) is 19.1. The second-order valence-electron chi connectivity index (χ2n) is 5.47. The fourth-order valence-electron chi connectivity index (χ4n) is 2.35. The van der Waals surface area contributed by atoms with Crippen molar-refractivity contribution in [3.63, 3.8) is 0 Å². The van der Waals surface area contributed by atoms with Crippen LogP contribution in [-0.2, 0) is 11.2 Å². The van der Waals surface area contributed by atoms with Gasteiger partial charge in [0.05, 0.1) is 17.1 Å². The van der Waals surface area contributed by atoms with E-state index in [1.807, 2.05) is 6.92 Å². The molecule has 0 aliphatic carbocycles. The van der Waals surface area contributed by atoms with Crippen LogP contribution in [0.1, 0.15) is 45.2 Å². The molecular weight excluding hydrogens is 344 g/mol. The molecule has 0 bridgehead atoms. The Hall–Kier alpha value is -3.20. The van der Waals surface area contributed by atoms with Crippen LogP contribution in [0.5, 0.6) is 0 Å². The van der Waals surface area contributed by atoms with Crippen molar-refractivity contribution in [3.8, 4) is 0 Å². The van der Waals surface area contributed by atoms with E-state index in [9.17, 15) is 19.7 Å². The number of carboxylic acids is 1. The predicted molar refractivity (Wildman–Crippen MR) is 90.2 cm³/mol. The number of carboxylic acid groups (broad SMARTS) is 1. The summed E-state index contributed by atoms with van der Waals surface area (Å²) in [6.45, 7) is 2.03. The smallest absolute Gasteiger partial charge is 0.335 e. The number of hydrogen-bond acceptors (Lipinski definition) is 6. The Labute approximate surface area is 148 Å². The Kier molecular flexibility index (Phi) is 6.07. The zero-order chi connectivity index (χ0) is 19.3. The summed E-state index contributed by atoms with van der Waals surface area (Å²) in [4.78, 5) is 33.9. The van der Waals surface area contributed by atoms with Gasteiger partial charge in [-0.05, 0) is 18.2 Å². The molecule has 26 heavy (non-hydrogen) atoms. The zero-order valence-corrected chi connectivity index (χ0v) is 14.2. The lowest BCUT2D eigenvalue weighted by Crippen LogP contribution is -2.31. The number of methoxy groups -OCH3 is 1. The highest BCUT2D eigenvalue weighted by molar-refractivity contribution is 5.98. The van der Waals surface area contributed by atoms with Gasteiger partial charge in [0.15, 0.2) is 0 Å². The first-order valence-corrected chi connectivity index (χ1v) is 7.76. The third kappa shape index (κ3) is 4.45. The summed E-state index contributed by atoms with van der Waals surface area (Å²) in [5.74, 6) is -0.831. The van der Waals surface area contributed by atoms with Crippen molar-refractivity contribution in [2.75, 3.05) is 13.7 Å². The van der Waals surface area contributed by atoms with Gasteiger partial charge in [-0.2, -0.15) is 0 Å². The lowest BCUT2D eigenvalue weighted by atomic mass is 10.1. The molecule has 1 unspecified atom stereocenters. The molecule has 2 N–H and O–H groups in total. The van der Waals surface area contributed by atoms with E-state index < -0.39 is 28.5 Å². The minimum atomic E-state index is -1.37. The molecule has 0 aliphatic rings. The average Bonchev–Trinajstić information content (AvgIpc) is 3.09. The molecule has 0 saturated carbocycles. The van der Waals surface area contributed by atoms with Gasteiger partial charge >= 0.3 is 5.97 Å². The number of carbonyl (C=O) groups is 2. The number of aromatic carboxylic acids is 1. The second-order valence-corrected chi connectivity index (χ2v) is 5.47. The van der Waals surface area contributed by atoms with E-state index in [4.69, 9.17) is 14.3 Å². The van der Waals surface area contributed by atoms with Crippen LogP contribution in [0.4, 0.5) is 5.69 Å². The number of nitro benzene ring substituents is 1. The number of aryl methyl sites for hydroxylation is 1. The maximum atomic E-state index is 12.5. The summed E-state index contributed by atoms with van der Waals surface area (Å²) in [5, 5.41) is 22.7. The van der Waals surface area contributed by atoms with Crippen molar-refractivity contribution in [1.82, 2.24) is 5.32 Å². The Morgan fingerprint density at radius 1 is 1.31 bits per heavy atom. The van der Waals surface area contributed by atoms with Crippen LogP contribution in [0.2, 0.25) is 0 Å². The molecule has 0 aliphatic heterocycles. The number of carbonyl (C=O) groups excluding carboxylic acids is 1. The lowest BCUT2D eigenvalue weighted by Gasteiger charge is -2.16.